The molecule has 0 bridgehead atoms. The second kappa shape index (κ2) is 2.66. The van der Waals surface area contributed by atoms with Gasteiger partial charge in [0.25, 0.3) is 0 Å². The third kappa shape index (κ3) is 1.60. The van der Waals surface area contributed by atoms with Gasteiger partial charge in [0.15, 0.2) is 0 Å². The smallest absolute Gasteiger partial charge is 0.236 e. The highest BCUT2D eigenvalue weighted by atomic mass is 16.2. The lowest BCUT2D eigenvalue weighted by atomic mass is 10.0. The van der Waals surface area contributed by atoms with Crippen LogP contribution in [0.1, 0.15) is 20.3 Å². The number of hydrogen-bond acceptors (Lipinski definition) is 2. The molecule has 3 nitrogen and oxygen atoms in total. The molecule has 1 aliphatic heterocycles. The molecular formula is C8H14N2O. The fourth-order valence-corrected chi connectivity index (χ4v) is 1.25. The Balaban J connectivity index is 2.65. The molecule has 0 saturated carbocycles. The Bertz CT molecular complexity index is 187. The molecule has 1 amide bonds. The van der Waals surface area contributed by atoms with Gasteiger partial charge < -0.3 is 0 Å². The van der Waals surface area contributed by atoms with Gasteiger partial charge in [-0.15, -0.1) is 6.58 Å². The highest BCUT2D eigenvalue weighted by Crippen LogP contribution is 2.21. The SMILES string of the molecule is C=CCN1NC(=O)CC1(C)C. The number of hydrazine groups is 1. The Kier molecular flexibility index (Phi) is 2.00. The van der Waals surface area contributed by atoms with Crippen LogP contribution in [0.5, 0.6) is 0 Å². The first kappa shape index (κ1) is 8.27. The van der Waals surface area contributed by atoms with Crippen LogP contribution in [0.3, 0.4) is 0 Å². The lowest BCUT2D eigenvalue weighted by Crippen LogP contribution is -2.44. The van der Waals surface area contributed by atoms with Gasteiger partial charge in [-0.25, -0.2) is 5.01 Å². The van der Waals surface area contributed by atoms with Crippen molar-refractivity contribution in [1.29, 1.82) is 0 Å². The lowest BCUT2D eigenvalue weighted by Gasteiger charge is -2.28. The number of carbonyl (C=O) groups is 1. The van der Waals surface area contributed by atoms with Crippen LogP contribution in [-0.2, 0) is 4.79 Å². The highest BCUT2D eigenvalue weighted by Gasteiger charge is 2.36. The van der Waals surface area contributed by atoms with Crippen molar-refractivity contribution in [3.63, 3.8) is 0 Å². The predicted octanol–water partition coefficient (Wildman–Crippen LogP) is 0.688. The number of hydrogen-bond donors (Lipinski definition) is 1. The zero-order valence-corrected chi connectivity index (χ0v) is 7.05. The van der Waals surface area contributed by atoms with Crippen molar-refractivity contribution in [3.05, 3.63) is 12.7 Å². The summed E-state index contributed by atoms with van der Waals surface area (Å²) in [6.07, 6.45) is 2.36. The maximum absolute atomic E-state index is 11.0. The number of nitrogens with one attached hydrogen (secondary N) is 1. The van der Waals surface area contributed by atoms with Crippen molar-refractivity contribution >= 4 is 5.91 Å². The summed E-state index contributed by atoms with van der Waals surface area (Å²) in [6, 6.07) is 0. The lowest BCUT2D eigenvalue weighted by molar-refractivity contribution is -0.120. The van der Waals surface area contributed by atoms with E-state index in [2.05, 4.69) is 12.0 Å². The zero-order chi connectivity index (χ0) is 8.48. The van der Waals surface area contributed by atoms with Gasteiger partial charge in [-0.2, -0.15) is 0 Å². The average Bonchev–Trinajstić information content (AvgIpc) is 2.07. The largest absolute Gasteiger partial charge is 0.288 e. The number of carbonyl (C=O) groups excluding carboxylic acids is 1. The van der Waals surface area contributed by atoms with Crippen molar-refractivity contribution in [3.8, 4) is 0 Å². The van der Waals surface area contributed by atoms with E-state index < -0.39 is 0 Å². The van der Waals surface area contributed by atoms with Crippen LogP contribution in [0.4, 0.5) is 0 Å². The first-order valence-electron chi connectivity index (χ1n) is 3.74. The third-order valence-corrected chi connectivity index (χ3v) is 1.90. The molecule has 0 radical (unpaired) electrons. The minimum Gasteiger partial charge on any atom is -0.288 e. The fourth-order valence-electron chi connectivity index (χ4n) is 1.25. The van der Waals surface area contributed by atoms with Crippen molar-refractivity contribution in [2.75, 3.05) is 6.54 Å². The molecule has 1 heterocycles. The van der Waals surface area contributed by atoms with E-state index in [1.165, 1.54) is 0 Å². The predicted molar refractivity (Wildman–Crippen MR) is 43.7 cm³/mol. The van der Waals surface area contributed by atoms with Gasteiger partial charge in [-0.3, -0.25) is 10.2 Å². The van der Waals surface area contributed by atoms with E-state index in [1.54, 1.807) is 6.08 Å². The Hall–Kier alpha value is -0.830. The third-order valence-electron chi connectivity index (χ3n) is 1.90. The van der Waals surface area contributed by atoms with Crippen LogP contribution >= 0.6 is 0 Å². The fraction of sp³-hybridized carbons (Fsp3) is 0.625. The Morgan fingerprint density at radius 2 is 2.45 bits per heavy atom. The van der Waals surface area contributed by atoms with Gasteiger partial charge in [0.2, 0.25) is 5.91 Å². The Morgan fingerprint density at radius 3 is 2.82 bits per heavy atom. The minimum atomic E-state index is -0.0642. The van der Waals surface area contributed by atoms with E-state index in [1.807, 2.05) is 18.9 Å². The van der Waals surface area contributed by atoms with Crippen molar-refractivity contribution in [1.82, 2.24) is 10.4 Å². The number of amides is 1. The van der Waals surface area contributed by atoms with E-state index >= 15 is 0 Å². The van der Waals surface area contributed by atoms with E-state index in [4.69, 9.17) is 0 Å². The van der Waals surface area contributed by atoms with Crippen molar-refractivity contribution < 1.29 is 4.79 Å². The van der Waals surface area contributed by atoms with Crippen molar-refractivity contribution in [2.24, 2.45) is 0 Å². The number of rotatable bonds is 2. The van der Waals surface area contributed by atoms with Crippen molar-refractivity contribution in [2.45, 2.75) is 25.8 Å². The Morgan fingerprint density at radius 1 is 1.82 bits per heavy atom. The summed E-state index contributed by atoms with van der Waals surface area (Å²) in [5.41, 5.74) is 2.70. The summed E-state index contributed by atoms with van der Waals surface area (Å²) in [6.45, 7) is 8.40. The summed E-state index contributed by atoms with van der Waals surface area (Å²) >= 11 is 0. The van der Waals surface area contributed by atoms with Crippen LogP contribution in [0.15, 0.2) is 12.7 Å². The van der Waals surface area contributed by atoms with Gasteiger partial charge in [-0.05, 0) is 13.8 Å². The molecule has 0 aromatic carbocycles. The van der Waals surface area contributed by atoms with E-state index in [-0.39, 0.29) is 11.4 Å². The summed E-state index contributed by atoms with van der Waals surface area (Å²) < 4.78 is 0. The molecule has 0 unspecified atom stereocenters. The molecule has 0 aromatic heterocycles. The standard InChI is InChI=1S/C8H14N2O/c1-4-5-10-8(2,3)6-7(11)9-10/h4H,1,5-6H2,2-3H3,(H,9,11). The molecule has 11 heavy (non-hydrogen) atoms. The quantitative estimate of drug-likeness (QED) is 0.593. The monoisotopic (exact) mass is 154 g/mol. The molecular weight excluding hydrogens is 140 g/mol. The average molecular weight is 154 g/mol. The second-order valence-electron chi connectivity index (χ2n) is 3.42. The Labute approximate surface area is 67.0 Å². The molecule has 1 fully saturated rings. The van der Waals surface area contributed by atoms with Crippen LogP contribution in [-0.4, -0.2) is 23.0 Å². The molecule has 62 valence electrons. The molecule has 3 heteroatoms. The molecule has 0 atom stereocenters. The molecule has 1 aliphatic rings. The number of nitrogens with zero attached hydrogens (tertiary/aromatic N) is 1. The van der Waals surface area contributed by atoms with Crippen LogP contribution in [0, 0.1) is 0 Å². The maximum Gasteiger partial charge on any atom is 0.236 e. The summed E-state index contributed by atoms with van der Waals surface area (Å²) in [5, 5.41) is 1.91. The second-order valence-corrected chi connectivity index (χ2v) is 3.42. The van der Waals surface area contributed by atoms with Gasteiger partial charge in [0.05, 0.1) is 0 Å². The zero-order valence-electron chi connectivity index (χ0n) is 7.05. The highest BCUT2D eigenvalue weighted by molar-refractivity contribution is 5.78. The molecule has 0 aromatic rings. The molecule has 0 spiro atoms. The summed E-state index contributed by atoms with van der Waals surface area (Å²) in [7, 11) is 0. The molecule has 1 N–H and O–H groups in total. The van der Waals surface area contributed by atoms with E-state index in [0.29, 0.717) is 13.0 Å². The first-order valence-corrected chi connectivity index (χ1v) is 3.74. The van der Waals surface area contributed by atoms with Crippen LogP contribution in [0.25, 0.3) is 0 Å². The van der Waals surface area contributed by atoms with E-state index in [0.717, 1.165) is 0 Å². The summed E-state index contributed by atoms with van der Waals surface area (Å²) in [4.78, 5) is 11.0. The van der Waals surface area contributed by atoms with Gasteiger partial charge >= 0.3 is 0 Å². The van der Waals surface area contributed by atoms with E-state index in [9.17, 15) is 4.79 Å². The van der Waals surface area contributed by atoms with Crippen LogP contribution < -0.4 is 5.43 Å². The molecule has 1 rings (SSSR count). The first-order chi connectivity index (χ1) is 5.06. The topological polar surface area (TPSA) is 32.3 Å². The van der Waals surface area contributed by atoms with Crippen LogP contribution in [0.2, 0.25) is 0 Å². The van der Waals surface area contributed by atoms with Gasteiger partial charge in [0, 0.05) is 18.5 Å². The summed E-state index contributed by atoms with van der Waals surface area (Å²) in [5.74, 6) is 0.0943. The molecule has 0 aliphatic carbocycles. The van der Waals surface area contributed by atoms with Gasteiger partial charge in [0.1, 0.15) is 0 Å². The maximum atomic E-state index is 11.0. The minimum absolute atomic E-state index is 0.0642. The normalized spacial score (nSPS) is 23.3. The molecule has 1 saturated heterocycles. The van der Waals surface area contributed by atoms with Gasteiger partial charge in [-0.1, -0.05) is 6.08 Å².